The number of phenols is 1. The summed E-state index contributed by atoms with van der Waals surface area (Å²) in [7, 11) is 0. The number of aromatic hydroxyl groups is 1. The molecule has 0 saturated carbocycles. The normalized spacial score (nSPS) is 16.3. The summed E-state index contributed by atoms with van der Waals surface area (Å²) in [5, 5.41) is 16.6. The Bertz CT molecular complexity index is 1020. The van der Waals surface area contributed by atoms with Gasteiger partial charge in [0.15, 0.2) is 0 Å². The number of halogens is 1. The average molecular weight is 377 g/mol. The second-order valence-corrected chi connectivity index (χ2v) is 6.73. The molecule has 3 aromatic carbocycles. The van der Waals surface area contributed by atoms with Crippen LogP contribution in [-0.2, 0) is 0 Å². The van der Waals surface area contributed by atoms with Gasteiger partial charge in [-0.05, 0) is 29.8 Å². The summed E-state index contributed by atoms with van der Waals surface area (Å²) in [6.45, 7) is 0. The summed E-state index contributed by atoms with van der Waals surface area (Å²) in [6.07, 6.45) is 0.512. The predicted molar refractivity (Wildman–Crippen MR) is 106 cm³/mol. The lowest BCUT2D eigenvalue weighted by atomic mass is 9.97. The molecule has 1 aliphatic rings. The average Bonchev–Trinajstić information content (AvgIpc) is 3.14. The third-order valence-corrected chi connectivity index (χ3v) is 4.95. The lowest BCUT2D eigenvalue weighted by Crippen LogP contribution is -2.27. The molecule has 0 spiro atoms. The number of carbonyl (C=O) groups is 1. The molecule has 4 rings (SSSR count). The van der Waals surface area contributed by atoms with Gasteiger partial charge in [-0.1, -0.05) is 66.2 Å². The van der Waals surface area contributed by atoms with Crippen LogP contribution < -0.4 is 0 Å². The van der Waals surface area contributed by atoms with Crippen molar-refractivity contribution in [1.82, 2.24) is 5.01 Å². The number of hydrogen-bond acceptors (Lipinski definition) is 3. The first-order valence-corrected chi connectivity index (χ1v) is 9.02. The number of benzene rings is 3. The lowest BCUT2D eigenvalue weighted by Gasteiger charge is -2.22. The summed E-state index contributed by atoms with van der Waals surface area (Å²) in [4.78, 5) is 13.2. The molecule has 0 fully saturated rings. The minimum atomic E-state index is -0.264. The molecular formula is C22H17ClN2O2. The van der Waals surface area contributed by atoms with Crippen molar-refractivity contribution in [1.29, 1.82) is 0 Å². The Hall–Kier alpha value is -3.11. The van der Waals surface area contributed by atoms with Crippen molar-refractivity contribution in [2.24, 2.45) is 5.10 Å². The Morgan fingerprint density at radius 1 is 0.963 bits per heavy atom. The zero-order valence-electron chi connectivity index (χ0n) is 14.4. The Morgan fingerprint density at radius 3 is 2.37 bits per heavy atom. The lowest BCUT2D eigenvalue weighted by molar-refractivity contribution is 0.0711. The molecule has 0 saturated heterocycles. The van der Waals surface area contributed by atoms with E-state index in [-0.39, 0.29) is 17.7 Å². The van der Waals surface area contributed by atoms with Crippen LogP contribution in [0, 0.1) is 0 Å². The van der Waals surface area contributed by atoms with Gasteiger partial charge in [0, 0.05) is 12.0 Å². The van der Waals surface area contributed by atoms with Crippen molar-refractivity contribution in [3.63, 3.8) is 0 Å². The number of para-hydroxylation sites is 1. The van der Waals surface area contributed by atoms with Gasteiger partial charge in [0.2, 0.25) is 0 Å². The maximum absolute atomic E-state index is 13.2. The third-order valence-electron chi connectivity index (χ3n) is 4.62. The van der Waals surface area contributed by atoms with Crippen LogP contribution in [0.5, 0.6) is 5.75 Å². The quantitative estimate of drug-likeness (QED) is 0.696. The van der Waals surface area contributed by atoms with E-state index in [1.807, 2.05) is 36.4 Å². The van der Waals surface area contributed by atoms with E-state index in [9.17, 15) is 9.90 Å². The topological polar surface area (TPSA) is 52.9 Å². The standard InChI is InChI=1S/C22H17ClN2O2/c23-18-12-6-4-10-16(18)22(27)25-20(15-8-2-1-3-9-15)14-19(24-25)17-11-5-7-13-21(17)26/h1-13,20,26H,14H2/t20-/m0/s1. The molecule has 0 unspecified atom stereocenters. The van der Waals surface area contributed by atoms with Crippen LogP contribution in [0.3, 0.4) is 0 Å². The molecule has 1 atom stereocenters. The van der Waals surface area contributed by atoms with Crippen molar-refractivity contribution >= 4 is 23.2 Å². The number of rotatable bonds is 3. The van der Waals surface area contributed by atoms with Crippen LogP contribution in [0.25, 0.3) is 0 Å². The van der Waals surface area contributed by atoms with Gasteiger partial charge in [0.1, 0.15) is 5.75 Å². The molecule has 134 valence electrons. The van der Waals surface area contributed by atoms with Crippen LogP contribution in [0.1, 0.15) is 33.9 Å². The van der Waals surface area contributed by atoms with Gasteiger partial charge in [-0.15, -0.1) is 0 Å². The largest absolute Gasteiger partial charge is 0.507 e. The molecule has 1 N–H and O–H groups in total. The number of amides is 1. The summed E-state index contributed by atoms with van der Waals surface area (Å²) >= 11 is 6.23. The van der Waals surface area contributed by atoms with Gasteiger partial charge in [-0.2, -0.15) is 5.10 Å². The molecule has 5 heteroatoms. The second kappa shape index (κ2) is 7.25. The van der Waals surface area contributed by atoms with Crippen molar-refractivity contribution in [3.8, 4) is 5.75 Å². The fourth-order valence-corrected chi connectivity index (χ4v) is 3.49. The highest BCUT2D eigenvalue weighted by molar-refractivity contribution is 6.33. The first kappa shape index (κ1) is 17.3. The van der Waals surface area contributed by atoms with Crippen molar-refractivity contribution in [2.75, 3.05) is 0 Å². The van der Waals surface area contributed by atoms with Crippen LogP contribution in [0.15, 0.2) is 84.0 Å². The van der Waals surface area contributed by atoms with Crippen molar-refractivity contribution in [2.45, 2.75) is 12.5 Å². The van der Waals surface area contributed by atoms with E-state index < -0.39 is 0 Å². The van der Waals surface area contributed by atoms with Gasteiger partial charge in [-0.3, -0.25) is 4.79 Å². The summed E-state index contributed by atoms with van der Waals surface area (Å²) < 4.78 is 0. The van der Waals surface area contributed by atoms with Crippen molar-refractivity contribution in [3.05, 3.63) is 101 Å². The van der Waals surface area contributed by atoms with Gasteiger partial charge in [-0.25, -0.2) is 5.01 Å². The fourth-order valence-electron chi connectivity index (χ4n) is 3.27. The smallest absolute Gasteiger partial charge is 0.276 e. The van der Waals surface area contributed by atoms with Gasteiger partial charge < -0.3 is 5.11 Å². The van der Waals surface area contributed by atoms with E-state index in [4.69, 9.17) is 11.6 Å². The molecular weight excluding hydrogens is 360 g/mol. The summed E-state index contributed by atoms with van der Waals surface area (Å²) in [5.41, 5.74) is 2.68. The molecule has 0 aliphatic carbocycles. The monoisotopic (exact) mass is 376 g/mol. The van der Waals surface area contributed by atoms with Gasteiger partial charge in [0.25, 0.3) is 5.91 Å². The highest BCUT2D eigenvalue weighted by atomic mass is 35.5. The molecule has 0 aromatic heterocycles. The Morgan fingerprint density at radius 2 is 1.63 bits per heavy atom. The SMILES string of the molecule is O=C(c1ccccc1Cl)N1N=C(c2ccccc2O)C[C@H]1c1ccccc1. The van der Waals surface area contributed by atoms with E-state index in [0.717, 1.165) is 5.56 Å². The van der Waals surface area contributed by atoms with E-state index in [0.29, 0.717) is 28.3 Å². The van der Waals surface area contributed by atoms with E-state index >= 15 is 0 Å². The molecule has 3 aromatic rings. The highest BCUT2D eigenvalue weighted by Gasteiger charge is 2.34. The Balaban J connectivity index is 1.77. The molecule has 1 amide bonds. The first-order valence-electron chi connectivity index (χ1n) is 8.64. The first-order chi connectivity index (χ1) is 13.1. The predicted octanol–water partition coefficient (Wildman–Crippen LogP) is 5.04. The molecule has 1 heterocycles. The van der Waals surface area contributed by atoms with Crippen LogP contribution in [0.4, 0.5) is 0 Å². The number of nitrogens with zero attached hydrogens (tertiary/aromatic N) is 2. The highest BCUT2D eigenvalue weighted by Crippen LogP contribution is 2.36. The number of hydrazone groups is 1. The maximum Gasteiger partial charge on any atom is 0.276 e. The van der Waals surface area contributed by atoms with Gasteiger partial charge in [0.05, 0.1) is 22.3 Å². The van der Waals surface area contributed by atoms with Crippen LogP contribution >= 0.6 is 11.6 Å². The third kappa shape index (κ3) is 3.32. The molecule has 27 heavy (non-hydrogen) atoms. The number of carbonyl (C=O) groups excluding carboxylic acids is 1. The molecule has 0 radical (unpaired) electrons. The summed E-state index contributed by atoms with van der Waals surface area (Å²) in [5.74, 6) is -0.116. The van der Waals surface area contributed by atoms with E-state index in [1.54, 1.807) is 42.5 Å². The minimum Gasteiger partial charge on any atom is -0.507 e. The number of phenolic OH excluding ortho intramolecular Hbond substituents is 1. The second-order valence-electron chi connectivity index (χ2n) is 6.32. The van der Waals surface area contributed by atoms with E-state index in [1.165, 1.54) is 5.01 Å². The van der Waals surface area contributed by atoms with Crippen molar-refractivity contribution < 1.29 is 9.90 Å². The zero-order valence-corrected chi connectivity index (χ0v) is 15.2. The Labute approximate surface area is 162 Å². The Kier molecular flexibility index (Phi) is 4.65. The van der Waals surface area contributed by atoms with E-state index in [2.05, 4.69) is 5.10 Å². The minimum absolute atomic E-state index is 0.148. The molecule has 4 nitrogen and oxygen atoms in total. The molecule has 0 bridgehead atoms. The molecule has 1 aliphatic heterocycles. The zero-order chi connectivity index (χ0) is 18.8. The fraction of sp³-hybridized carbons (Fsp3) is 0.0909. The van der Waals surface area contributed by atoms with Crippen LogP contribution in [-0.4, -0.2) is 21.7 Å². The summed E-state index contributed by atoms with van der Waals surface area (Å²) in [6, 6.07) is 23.5. The van der Waals surface area contributed by atoms with Gasteiger partial charge >= 0.3 is 0 Å². The maximum atomic E-state index is 13.2. The number of hydrogen-bond donors (Lipinski definition) is 1. The van der Waals surface area contributed by atoms with Crippen LogP contribution in [0.2, 0.25) is 5.02 Å².